The second-order valence-electron chi connectivity index (χ2n) is 4.09. The Bertz CT molecular complexity index is 506. The molecule has 0 amide bonds. The minimum atomic E-state index is -0.138. The maximum atomic E-state index is 11.3. The zero-order valence-corrected chi connectivity index (χ0v) is 10.3. The Labute approximate surface area is 105 Å². The predicted octanol–water partition coefficient (Wildman–Crippen LogP) is 0.586. The molecule has 0 aliphatic heterocycles. The number of H-pyrrole nitrogens is 1. The third-order valence-corrected chi connectivity index (χ3v) is 2.84. The van der Waals surface area contributed by atoms with Crippen LogP contribution in [0.2, 0.25) is 0 Å². The summed E-state index contributed by atoms with van der Waals surface area (Å²) >= 11 is 0. The van der Waals surface area contributed by atoms with Gasteiger partial charge < -0.3 is 5.32 Å². The van der Waals surface area contributed by atoms with Gasteiger partial charge in [0.05, 0.1) is 6.04 Å². The van der Waals surface area contributed by atoms with Gasteiger partial charge in [0.25, 0.3) is 0 Å². The van der Waals surface area contributed by atoms with Crippen molar-refractivity contribution >= 4 is 5.78 Å². The number of likely N-dealkylation sites (N-methyl/N-ethyl adjacent to an activating group) is 1. The third kappa shape index (κ3) is 2.78. The molecule has 1 aromatic heterocycles. The lowest BCUT2D eigenvalue weighted by Crippen LogP contribution is -2.34. The van der Waals surface area contributed by atoms with E-state index in [1.54, 1.807) is 14.0 Å². The molecule has 18 heavy (non-hydrogen) atoms. The number of aromatic amines is 1. The average Bonchev–Trinajstić information content (AvgIpc) is 2.90. The summed E-state index contributed by atoms with van der Waals surface area (Å²) in [5.41, 5.74) is 1.99. The standard InChI is InChI=1S/C12H15N5O/c1-8(18)11(13-2)7-9-3-5-10(6-4-9)12-14-16-17-15-12/h3-6,11,13H,7H2,1-2H3,(H,14,15,16,17)/t11-/m0/s1. The SMILES string of the molecule is CN[C@@H](Cc1ccc(-c2nn[nH]n2)cc1)C(C)=O. The molecule has 0 aliphatic carbocycles. The van der Waals surface area contributed by atoms with Crippen LogP contribution in [-0.4, -0.2) is 39.5 Å². The van der Waals surface area contributed by atoms with E-state index in [1.165, 1.54) is 0 Å². The molecule has 1 atom stereocenters. The molecule has 0 fully saturated rings. The first-order chi connectivity index (χ1) is 8.70. The summed E-state index contributed by atoms with van der Waals surface area (Å²) in [5, 5.41) is 16.7. The lowest BCUT2D eigenvalue weighted by atomic mass is 10.0. The predicted molar refractivity (Wildman–Crippen MR) is 66.8 cm³/mol. The highest BCUT2D eigenvalue weighted by molar-refractivity contribution is 5.81. The average molecular weight is 245 g/mol. The van der Waals surface area contributed by atoms with Crippen molar-refractivity contribution in [2.75, 3.05) is 7.05 Å². The quantitative estimate of drug-likeness (QED) is 0.805. The van der Waals surface area contributed by atoms with Crippen LogP contribution in [0.3, 0.4) is 0 Å². The zero-order chi connectivity index (χ0) is 13.0. The first kappa shape index (κ1) is 12.4. The van der Waals surface area contributed by atoms with E-state index in [0.29, 0.717) is 12.2 Å². The van der Waals surface area contributed by atoms with Gasteiger partial charge in [-0.15, -0.1) is 10.2 Å². The summed E-state index contributed by atoms with van der Waals surface area (Å²) in [4.78, 5) is 11.3. The van der Waals surface area contributed by atoms with Gasteiger partial charge in [-0.1, -0.05) is 24.3 Å². The molecule has 2 aromatic rings. The van der Waals surface area contributed by atoms with Gasteiger partial charge in [0, 0.05) is 5.56 Å². The fraction of sp³-hybridized carbons (Fsp3) is 0.333. The molecule has 6 heteroatoms. The van der Waals surface area contributed by atoms with Gasteiger partial charge in [-0.3, -0.25) is 4.79 Å². The van der Waals surface area contributed by atoms with Crippen LogP contribution < -0.4 is 5.32 Å². The molecule has 2 rings (SSSR count). The van der Waals surface area contributed by atoms with Crippen molar-refractivity contribution in [3.63, 3.8) is 0 Å². The summed E-state index contributed by atoms with van der Waals surface area (Å²) in [6, 6.07) is 7.65. The molecule has 1 heterocycles. The lowest BCUT2D eigenvalue weighted by molar-refractivity contribution is -0.118. The summed E-state index contributed by atoms with van der Waals surface area (Å²) in [5.74, 6) is 0.707. The van der Waals surface area contributed by atoms with Crippen molar-refractivity contribution in [1.29, 1.82) is 0 Å². The highest BCUT2D eigenvalue weighted by Crippen LogP contribution is 2.14. The zero-order valence-electron chi connectivity index (χ0n) is 10.3. The van der Waals surface area contributed by atoms with Gasteiger partial charge in [-0.05, 0) is 31.2 Å². The fourth-order valence-corrected chi connectivity index (χ4v) is 1.76. The lowest BCUT2D eigenvalue weighted by Gasteiger charge is -2.12. The van der Waals surface area contributed by atoms with Crippen LogP contribution in [0.4, 0.5) is 0 Å². The molecular formula is C12H15N5O. The molecule has 0 saturated heterocycles. The van der Waals surface area contributed by atoms with Gasteiger partial charge in [-0.2, -0.15) is 5.21 Å². The molecule has 0 aliphatic rings. The normalized spacial score (nSPS) is 12.3. The Morgan fingerprint density at radius 2 is 2.11 bits per heavy atom. The Hall–Kier alpha value is -2.08. The van der Waals surface area contributed by atoms with E-state index in [9.17, 15) is 4.79 Å². The van der Waals surface area contributed by atoms with E-state index in [0.717, 1.165) is 11.1 Å². The number of nitrogens with zero attached hydrogens (tertiary/aromatic N) is 3. The van der Waals surface area contributed by atoms with E-state index in [1.807, 2.05) is 24.3 Å². The van der Waals surface area contributed by atoms with Crippen molar-refractivity contribution in [3.05, 3.63) is 29.8 Å². The number of carbonyl (C=O) groups excluding carboxylic acids is 1. The first-order valence-corrected chi connectivity index (χ1v) is 5.71. The van der Waals surface area contributed by atoms with Crippen LogP contribution in [0.15, 0.2) is 24.3 Å². The van der Waals surface area contributed by atoms with Gasteiger partial charge in [-0.25, -0.2) is 0 Å². The fourth-order valence-electron chi connectivity index (χ4n) is 1.76. The molecule has 94 valence electrons. The molecule has 6 nitrogen and oxygen atoms in total. The Morgan fingerprint density at radius 1 is 1.39 bits per heavy atom. The Balaban J connectivity index is 2.10. The number of hydrogen-bond acceptors (Lipinski definition) is 5. The van der Waals surface area contributed by atoms with E-state index in [2.05, 4.69) is 25.9 Å². The van der Waals surface area contributed by atoms with Crippen molar-refractivity contribution in [1.82, 2.24) is 25.9 Å². The first-order valence-electron chi connectivity index (χ1n) is 5.71. The third-order valence-electron chi connectivity index (χ3n) is 2.84. The van der Waals surface area contributed by atoms with Crippen LogP contribution in [0.1, 0.15) is 12.5 Å². The molecule has 1 aromatic carbocycles. The number of benzene rings is 1. The number of ketones is 1. The van der Waals surface area contributed by atoms with Crippen molar-refractivity contribution in [2.45, 2.75) is 19.4 Å². The van der Waals surface area contributed by atoms with Crippen LogP contribution in [0.25, 0.3) is 11.4 Å². The Morgan fingerprint density at radius 3 is 2.61 bits per heavy atom. The molecule has 2 N–H and O–H groups in total. The Kier molecular flexibility index (Phi) is 3.78. The summed E-state index contributed by atoms with van der Waals surface area (Å²) in [6.45, 7) is 1.59. The highest BCUT2D eigenvalue weighted by atomic mass is 16.1. The molecule has 0 unspecified atom stereocenters. The number of tetrazole rings is 1. The van der Waals surface area contributed by atoms with E-state index >= 15 is 0 Å². The van der Waals surface area contributed by atoms with Crippen molar-refractivity contribution in [3.8, 4) is 11.4 Å². The van der Waals surface area contributed by atoms with E-state index in [-0.39, 0.29) is 11.8 Å². The highest BCUT2D eigenvalue weighted by Gasteiger charge is 2.12. The van der Waals surface area contributed by atoms with Gasteiger partial charge in [0.2, 0.25) is 5.82 Å². The number of carbonyl (C=O) groups is 1. The summed E-state index contributed by atoms with van der Waals surface area (Å²) in [6.07, 6.45) is 0.679. The minimum absolute atomic E-state index is 0.138. The van der Waals surface area contributed by atoms with Crippen LogP contribution in [0, 0.1) is 0 Å². The summed E-state index contributed by atoms with van der Waals surface area (Å²) < 4.78 is 0. The second-order valence-corrected chi connectivity index (χ2v) is 4.09. The van der Waals surface area contributed by atoms with Crippen LogP contribution >= 0.6 is 0 Å². The van der Waals surface area contributed by atoms with E-state index < -0.39 is 0 Å². The van der Waals surface area contributed by atoms with Crippen molar-refractivity contribution < 1.29 is 4.79 Å². The molecule has 0 spiro atoms. The molecular weight excluding hydrogens is 230 g/mol. The van der Waals surface area contributed by atoms with Gasteiger partial charge in [0.1, 0.15) is 5.78 Å². The monoisotopic (exact) mass is 245 g/mol. The number of nitrogens with one attached hydrogen (secondary N) is 2. The summed E-state index contributed by atoms with van der Waals surface area (Å²) in [7, 11) is 1.79. The molecule has 0 radical (unpaired) electrons. The van der Waals surface area contributed by atoms with Gasteiger partial charge >= 0.3 is 0 Å². The molecule has 0 bridgehead atoms. The molecule has 0 saturated carbocycles. The minimum Gasteiger partial charge on any atom is -0.310 e. The number of hydrogen-bond donors (Lipinski definition) is 2. The topological polar surface area (TPSA) is 83.6 Å². The number of Topliss-reactive ketones (excluding diaryl/α,β-unsaturated/α-hetero) is 1. The smallest absolute Gasteiger partial charge is 0.204 e. The number of aromatic nitrogens is 4. The largest absolute Gasteiger partial charge is 0.310 e. The van der Waals surface area contributed by atoms with Crippen LogP contribution in [0.5, 0.6) is 0 Å². The maximum Gasteiger partial charge on any atom is 0.204 e. The van der Waals surface area contributed by atoms with E-state index in [4.69, 9.17) is 0 Å². The van der Waals surface area contributed by atoms with Crippen molar-refractivity contribution in [2.24, 2.45) is 0 Å². The van der Waals surface area contributed by atoms with Crippen LogP contribution in [-0.2, 0) is 11.2 Å². The maximum absolute atomic E-state index is 11.3. The van der Waals surface area contributed by atoms with Gasteiger partial charge in [0.15, 0.2) is 0 Å². The second kappa shape index (κ2) is 5.50. The number of rotatable bonds is 5.